The summed E-state index contributed by atoms with van der Waals surface area (Å²) in [5.41, 5.74) is 7.53. The van der Waals surface area contributed by atoms with E-state index in [0.717, 1.165) is 12.2 Å². The molecule has 62 valence electrons. The number of anilines is 2. The lowest BCUT2D eigenvalue weighted by Crippen LogP contribution is -1.98. The highest BCUT2D eigenvalue weighted by molar-refractivity contribution is 5.61. The Bertz CT molecular complexity index is 312. The first-order chi connectivity index (χ1) is 5.77. The maximum Gasteiger partial charge on any atom is 0.101 e. The van der Waals surface area contributed by atoms with Crippen molar-refractivity contribution in [2.24, 2.45) is 0 Å². The van der Waals surface area contributed by atoms with Crippen molar-refractivity contribution in [3.63, 3.8) is 0 Å². The monoisotopic (exact) mass is 161 g/mol. The van der Waals surface area contributed by atoms with Crippen molar-refractivity contribution in [3.05, 3.63) is 23.8 Å². The van der Waals surface area contributed by atoms with Gasteiger partial charge in [-0.15, -0.1) is 0 Å². The first-order valence-corrected chi connectivity index (χ1v) is 3.81. The third kappa shape index (κ3) is 1.67. The second-order valence-corrected chi connectivity index (χ2v) is 2.44. The minimum atomic E-state index is 0.522. The molecule has 0 heterocycles. The summed E-state index contributed by atoms with van der Waals surface area (Å²) in [6, 6.07) is 7.37. The Balaban J connectivity index is 2.99. The van der Waals surface area contributed by atoms with Crippen molar-refractivity contribution in [3.8, 4) is 6.07 Å². The maximum atomic E-state index is 8.65. The molecule has 0 aliphatic heterocycles. The van der Waals surface area contributed by atoms with E-state index < -0.39 is 0 Å². The highest BCUT2D eigenvalue weighted by atomic mass is 14.8. The zero-order valence-corrected chi connectivity index (χ0v) is 6.96. The number of nitrogen functional groups attached to an aromatic ring is 1. The van der Waals surface area contributed by atoms with Gasteiger partial charge in [-0.1, -0.05) is 0 Å². The fraction of sp³-hybridized carbons (Fsp3) is 0.222. The third-order valence-corrected chi connectivity index (χ3v) is 1.55. The van der Waals surface area contributed by atoms with Crippen LogP contribution in [0.15, 0.2) is 18.2 Å². The predicted molar refractivity (Wildman–Crippen MR) is 49.7 cm³/mol. The van der Waals surface area contributed by atoms with Gasteiger partial charge >= 0.3 is 0 Å². The standard InChI is InChI=1S/C9H11N3/c1-2-12-8-3-4-9(11)7(5-8)6-10/h3-5,12H,2,11H2,1H3. The van der Waals surface area contributed by atoms with Crippen molar-refractivity contribution < 1.29 is 0 Å². The van der Waals surface area contributed by atoms with Gasteiger partial charge in [0.2, 0.25) is 0 Å². The Hall–Kier alpha value is -1.69. The van der Waals surface area contributed by atoms with Gasteiger partial charge in [0.25, 0.3) is 0 Å². The van der Waals surface area contributed by atoms with Crippen molar-refractivity contribution in [2.45, 2.75) is 6.92 Å². The van der Waals surface area contributed by atoms with Gasteiger partial charge in [-0.05, 0) is 25.1 Å². The molecular formula is C9H11N3. The van der Waals surface area contributed by atoms with Crippen LogP contribution in [0.1, 0.15) is 12.5 Å². The Morgan fingerprint density at radius 3 is 2.92 bits per heavy atom. The van der Waals surface area contributed by atoms with Crippen LogP contribution in [-0.2, 0) is 0 Å². The molecule has 0 saturated carbocycles. The zero-order valence-electron chi connectivity index (χ0n) is 6.96. The van der Waals surface area contributed by atoms with Crippen LogP contribution in [0.3, 0.4) is 0 Å². The van der Waals surface area contributed by atoms with Gasteiger partial charge in [-0.25, -0.2) is 0 Å². The average molecular weight is 161 g/mol. The summed E-state index contributed by atoms with van der Waals surface area (Å²) in [6.45, 7) is 2.84. The number of nitrogens with one attached hydrogen (secondary N) is 1. The topological polar surface area (TPSA) is 61.8 Å². The van der Waals surface area contributed by atoms with E-state index in [4.69, 9.17) is 11.0 Å². The van der Waals surface area contributed by atoms with Gasteiger partial charge < -0.3 is 11.1 Å². The normalized spacial score (nSPS) is 9.00. The average Bonchev–Trinajstić information content (AvgIpc) is 2.09. The summed E-state index contributed by atoms with van der Waals surface area (Å²) in [6.07, 6.45) is 0. The Morgan fingerprint density at radius 1 is 1.58 bits per heavy atom. The van der Waals surface area contributed by atoms with Gasteiger partial charge in [0.15, 0.2) is 0 Å². The van der Waals surface area contributed by atoms with Gasteiger partial charge in [0, 0.05) is 17.9 Å². The fourth-order valence-corrected chi connectivity index (χ4v) is 0.967. The van der Waals surface area contributed by atoms with Crippen LogP contribution in [-0.4, -0.2) is 6.54 Å². The number of rotatable bonds is 2. The summed E-state index contributed by atoms with van der Waals surface area (Å²) in [4.78, 5) is 0. The highest BCUT2D eigenvalue weighted by Gasteiger charge is 1.97. The SMILES string of the molecule is CCNc1ccc(N)c(C#N)c1. The Kier molecular flexibility index (Phi) is 2.54. The second kappa shape index (κ2) is 3.63. The number of benzene rings is 1. The Morgan fingerprint density at radius 2 is 2.33 bits per heavy atom. The summed E-state index contributed by atoms with van der Waals surface area (Å²) >= 11 is 0. The molecule has 1 aromatic rings. The molecule has 1 rings (SSSR count). The summed E-state index contributed by atoms with van der Waals surface area (Å²) in [5, 5.41) is 11.8. The number of nitrogens with two attached hydrogens (primary N) is 1. The van der Waals surface area contributed by atoms with Crippen molar-refractivity contribution in [1.82, 2.24) is 0 Å². The molecule has 12 heavy (non-hydrogen) atoms. The van der Waals surface area contributed by atoms with Crippen LogP contribution in [0.4, 0.5) is 11.4 Å². The lowest BCUT2D eigenvalue weighted by Gasteiger charge is -2.03. The van der Waals surface area contributed by atoms with E-state index in [0.29, 0.717) is 11.3 Å². The maximum absolute atomic E-state index is 8.65. The van der Waals surface area contributed by atoms with E-state index in [1.165, 1.54) is 0 Å². The molecule has 0 aliphatic carbocycles. The van der Waals surface area contributed by atoms with Crippen LogP contribution in [0.5, 0.6) is 0 Å². The molecule has 0 aliphatic rings. The molecule has 3 heteroatoms. The molecule has 1 aromatic carbocycles. The van der Waals surface area contributed by atoms with Gasteiger partial charge in [-0.2, -0.15) is 5.26 Å². The summed E-state index contributed by atoms with van der Waals surface area (Å²) < 4.78 is 0. The molecule has 3 N–H and O–H groups in total. The minimum Gasteiger partial charge on any atom is -0.398 e. The van der Waals surface area contributed by atoms with Gasteiger partial charge in [0.1, 0.15) is 6.07 Å². The first-order valence-electron chi connectivity index (χ1n) is 3.81. The van der Waals surface area contributed by atoms with E-state index in [1.54, 1.807) is 12.1 Å². The van der Waals surface area contributed by atoms with E-state index in [9.17, 15) is 0 Å². The molecule has 0 unspecified atom stereocenters. The van der Waals surface area contributed by atoms with E-state index in [-0.39, 0.29) is 0 Å². The molecule has 0 radical (unpaired) electrons. The smallest absolute Gasteiger partial charge is 0.101 e. The molecule has 0 fully saturated rings. The zero-order chi connectivity index (χ0) is 8.97. The minimum absolute atomic E-state index is 0.522. The van der Waals surface area contributed by atoms with E-state index in [2.05, 4.69) is 5.32 Å². The fourth-order valence-electron chi connectivity index (χ4n) is 0.967. The molecule has 0 saturated heterocycles. The molecular weight excluding hydrogens is 150 g/mol. The van der Waals surface area contributed by atoms with Crippen LogP contribution >= 0.6 is 0 Å². The molecule has 3 nitrogen and oxygen atoms in total. The quantitative estimate of drug-likeness (QED) is 0.647. The van der Waals surface area contributed by atoms with E-state index >= 15 is 0 Å². The van der Waals surface area contributed by atoms with Gasteiger partial charge in [-0.3, -0.25) is 0 Å². The van der Waals surface area contributed by atoms with Gasteiger partial charge in [0.05, 0.1) is 5.56 Å². The summed E-state index contributed by atoms with van der Waals surface area (Å²) in [7, 11) is 0. The number of hydrogen-bond acceptors (Lipinski definition) is 3. The molecule has 0 bridgehead atoms. The molecule has 0 spiro atoms. The third-order valence-electron chi connectivity index (χ3n) is 1.55. The molecule has 0 aromatic heterocycles. The van der Waals surface area contributed by atoms with Crippen LogP contribution in [0.2, 0.25) is 0 Å². The Labute approximate surface area is 71.8 Å². The lowest BCUT2D eigenvalue weighted by atomic mass is 10.2. The molecule has 0 amide bonds. The number of nitriles is 1. The van der Waals surface area contributed by atoms with Crippen molar-refractivity contribution in [2.75, 3.05) is 17.6 Å². The van der Waals surface area contributed by atoms with Crippen LogP contribution in [0.25, 0.3) is 0 Å². The predicted octanol–water partition coefficient (Wildman–Crippen LogP) is 1.57. The first kappa shape index (κ1) is 8.41. The highest BCUT2D eigenvalue weighted by Crippen LogP contribution is 2.16. The van der Waals surface area contributed by atoms with Crippen LogP contribution in [0, 0.1) is 11.3 Å². The number of hydrogen-bond donors (Lipinski definition) is 2. The van der Waals surface area contributed by atoms with Crippen molar-refractivity contribution >= 4 is 11.4 Å². The summed E-state index contributed by atoms with van der Waals surface area (Å²) in [5.74, 6) is 0. The van der Waals surface area contributed by atoms with Crippen molar-refractivity contribution in [1.29, 1.82) is 5.26 Å². The van der Waals surface area contributed by atoms with E-state index in [1.807, 2.05) is 19.1 Å². The number of nitrogens with zero attached hydrogens (tertiary/aromatic N) is 1. The lowest BCUT2D eigenvalue weighted by molar-refractivity contribution is 1.21. The largest absolute Gasteiger partial charge is 0.398 e. The van der Waals surface area contributed by atoms with Crippen LogP contribution < -0.4 is 11.1 Å². The second-order valence-electron chi connectivity index (χ2n) is 2.44. The molecule has 0 atom stereocenters.